The molecule has 0 aliphatic carbocycles. The summed E-state index contributed by atoms with van der Waals surface area (Å²) in [5, 5.41) is 11.1. The second-order valence-corrected chi connectivity index (χ2v) is 4.68. The van der Waals surface area contributed by atoms with Gasteiger partial charge in [-0.3, -0.25) is 15.1 Å². The van der Waals surface area contributed by atoms with E-state index in [0.29, 0.717) is 18.6 Å². The number of nitrogens with zero attached hydrogens (tertiary/aromatic N) is 2. The van der Waals surface area contributed by atoms with E-state index in [0.717, 1.165) is 17.0 Å². The first-order valence-electron chi connectivity index (χ1n) is 7.18. The Morgan fingerprint density at radius 1 is 1.18 bits per heavy atom. The standard InChI is InChI=1S/C17H18N2O3/c1-3-14-6-5-13(11-17(14)19(20)21)12-18-15-7-9-16(10-8-15)22-4-2/h5-12H,3-4H2,1-2H3. The van der Waals surface area contributed by atoms with Crippen molar-refractivity contribution in [1.29, 1.82) is 0 Å². The van der Waals surface area contributed by atoms with E-state index >= 15 is 0 Å². The van der Waals surface area contributed by atoms with Gasteiger partial charge in [0.15, 0.2) is 0 Å². The van der Waals surface area contributed by atoms with Crippen molar-refractivity contribution in [2.24, 2.45) is 4.99 Å². The normalized spacial score (nSPS) is 10.8. The summed E-state index contributed by atoms with van der Waals surface area (Å²) in [4.78, 5) is 15.0. The summed E-state index contributed by atoms with van der Waals surface area (Å²) in [7, 11) is 0. The molecule has 0 N–H and O–H groups in total. The molecule has 0 atom stereocenters. The molecular formula is C17H18N2O3. The van der Waals surface area contributed by atoms with Crippen LogP contribution >= 0.6 is 0 Å². The third kappa shape index (κ3) is 3.91. The number of ether oxygens (including phenoxy) is 1. The maximum Gasteiger partial charge on any atom is 0.273 e. The van der Waals surface area contributed by atoms with E-state index in [4.69, 9.17) is 4.74 Å². The Morgan fingerprint density at radius 3 is 2.50 bits per heavy atom. The lowest BCUT2D eigenvalue weighted by molar-refractivity contribution is -0.385. The Balaban J connectivity index is 2.19. The van der Waals surface area contributed by atoms with Crippen LogP contribution in [0.5, 0.6) is 5.75 Å². The first-order chi connectivity index (χ1) is 10.6. The fourth-order valence-corrected chi connectivity index (χ4v) is 2.07. The summed E-state index contributed by atoms with van der Waals surface area (Å²) in [6.45, 7) is 4.45. The summed E-state index contributed by atoms with van der Waals surface area (Å²) in [6, 6.07) is 12.5. The molecule has 0 aliphatic rings. The van der Waals surface area contributed by atoms with Crippen LogP contribution < -0.4 is 4.74 Å². The van der Waals surface area contributed by atoms with Crippen molar-refractivity contribution in [3.63, 3.8) is 0 Å². The van der Waals surface area contributed by atoms with Gasteiger partial charge in [-0.2, -0.15) is 0 Å². The van der Waals surface area contributed by atoms with E-state index in [2.05, 4.69) is 4.99 Å². The van der Waals surface area contributed by atoms with Gasteiger partial charge in [0.1, 0.15) is 5.75 Å². The molecule has 5 heteroatoms. The van der Waals surface area contributed by atoms with Gasteiger partial charge in [0.05, 0.1) is 17.2 Å². The zero-order valence-electron chi connectivity index (χ0n) is 12.7. The topological polar surface area (TPSA) is 64.7 Å². The van der Waals surface area contributed by atoms with Gasteiger partial charge in [0.25, 0.3) is 5.69 Å². The number of hydrogen-bond acceptors (Lipinski definition) is 4. The van der Waals surface area contributed by atoms with Crippen molar-refractivity contribution >= 4 is 17.6 Å². The molecule has 0 amide bonds. The first kappa shape index (κ1) is 15.7. The smallest absolute Gasteiger partial charge is 0.273 e. The molecule has 0 bridgehead atoms. The van der Waals surface area contributed by atoms with Crippen molar-refractivity contribution in [2.75, 3.05) is 6.61 Å². The second-order valence-electron chi connectivity index (χ2n) is 4.68. The van der Waals surface area contributed by atoms with Crippen molar-refractivity contribution in [2.45, 2.75) is 20.3 Å². The summed E-state index contributed by atoms with van der Waals surface area (Å²) in [6.07, 6.45) is 2.26. The highest BCUT2D eigenvalue weighted by atomic mass is 16.6. The number of aryl methyl sites for hydroxylation is 1. The minimum absolute atomic E-state index is 0.137. The number of nitro groups is 1. The molecule has 0 saturated carbocycles. The molecule has 2 aromatic rings. The van der Waals surface area contributed by atoms with Crippen molar-refractivity contribution in [1.82, 2.24) is 0 Å². The van der Waals surface area contributed by atoms with Gasteiger partial charge in [0.2, 0.25) is 0 Å². The molecule has 0 saturated heterocycles. The predicted molar refractivity (Wildman–Crippen MR) is 87.3 cm³/mol. The van der Waals surface area contributed by atoms with Crippen LogP contribution in [0.1, 0.15) is 25.0 Å². The van der Waals surface area contributed by atoms with Gasteiger partial charge in [-0.1, -0.05) is 19.1 Å². The van der Waals surface area contributed by atoms with E-state index < -0.39 is 0 Å². The quantitative estimate of drug-likeness (QED) is 0.453. The molecular weight excluding hydrogens is 280 g/mol. The van der Waals surface area contributed by atoms with Crippen LogP contribution in [-0.2, 0) is 6.42 Å². The zero-order valence-corrected chi connectivity index (χ0v) is 12.7. The van der Waals surface area contributed by atoms with Crippen LogP contribution in [0.4, 0.5) is 11.4 Å². The third-order valence-electron chi connectivity index (χ3n) is 3.20. The second kappa shape index (κ2) is 7.36. The van der Waals surface area contributed by atoms with Crippen molar-refractivity contribution in [3.05, 3.63) is 63.7 Å². The van der Waals surface area contributed by atoms with Crippen molar-refractivity contribution in [3.8, 4) is 5.75 Å². The summed E-state index contributed by atoms with van der Waals surface area (Å²) >= 11 is 0. The molecule has 0 aliphatic heterocycles. The Bertz CT molecular complexity index is 679. The monoisotopic (exact) mass is 298 g/mol. The predicted octanol–water partition coefficient (Wildman–Crippen LogP) is 4.31. The van der Waals surface area contributed by atoms with Gasteiger partial charge in [-0.15, -0.1) is 0 Å². The first-order valence-corrected chi connectivity index (χ1v) is 7.18. The van der Waals surface area contributed by atoms with Gasteiger partial charge < -0.3 is 4.74 Å². The lowest BCUT2D eigenvalue weighted by atomic mass is 10.1. The molecule has 2 aromatic carbocycles. The summed E-state index contributed by atoms with van der Waals surface area (Å²) in [5.74, 6) is 0.796. The van der Waals surface area contributed by atoms with Crippen LogP contribution in [0.2, 0.25) is 0 Å². The Morgan fingerprint density at radius 2 is 1.91 bits per heavy atom. The summed E-state index contributed by atoms with van der Waals surface area (Å²) in [5.41, 5.74) is 2.34. The lowest BCUT2D eigenvalue weighted by Crippen LogP contribution is -1.95. The van der Waals surface area contributed by atoms with Gasteiger partial charge in [-0.05, 0) is 43.2 Å². The molecule has 5 nitrogen and oxygen atoms in total. The molecule has 0 spiro atoms. The van der Waals surface area contributed by atoms with E-state index in [1.165, 1.54) is 0 Å². The summed E-state index contributed by atoms with van der Waals surface area (Å²) < 4.78 is 5.36. The van der Waals surface area contributed by atoms with Crippen LogP contribution in [-0.4, -0.2) is 17.7 Å². The highest BCUT2D eigenvalue weighted by molar-refractivity contribution is 5.83. The van der Waals surface area contributed by atoms with Gasteiger partial charge >= 0.3 is 0 Å². The number of hydrogen-bond donors (Lipinski definition) is 0. The van der Waals surface area contributed by atoms with Crippen molar-refractivity contribution < 1.29 is 9.66 Å². The highest BCUT2D eigenvalue weighted by Gasteiger charge is 2.12. The minimum Gasteiger partial charge on any atom is -0.494 e. The van der Waals surface area contributed by atoms with E-state index in [1.54, 1.807) is 18.3 Å². The molecule has 0 aromatic heterocycles. The Labute approximate surface area is 129 Å². The number of aliphatic imine (C=N–C) groups is 1. The van der Waals surface area contributed by atoms with E-state index in [-0.39, 0.29) is 10.6 Å². The van der Waals surface area contributed by atoms with E-state index in [1.807, 2.05) is 44.2 Å². The number of rotatable bonds is 6. The fourth-order valence-electron chi connectivity index (χ4n) is 2.07. The molecule has 0 radical (unpaired) electrons. The van der Waals surface area contributed by atoms with Crippen LogP contribution in [0, 0.1) is 10.1 Å². The molecule has 0 fully saturated rings. The Kier molecular flexibility index (Phi) is 5.25. The molecule has 2 rings (SSSR count). The lowest BCUT2D eigenvalue weighted by Gasteiger charge is -2.02. The molecule has 22 heavy (non-hydrogen) atoms. The number of benzene rings is 2. The average Bonchev–Trinajstić information content (AvgIpc) is 2.54. The van der Waals surface area contributed by atoms with Crippen LogP contribution in [0.3, 0.4) is 0 Å². The molecule has 0 unspecified atom stereocenters. The highest BCUT2D eigenvalue weighted by Crippen LogP contribution is 2.21. The van der Waals surface area contributed by atoms with Gasteiger partial charge in [0, 0.05) is 17.8 Å². The van der Waals surface area contributed by atoms with Crippen LogP contribution in [0.25, 0.3) is 0 Å². The maximum absolute atomic E-state index is 11.1. The fraction of sp³-hybridized carbons (Fsp3) is 0.235. The number of nitro benzene ring substituents is 1. The molecule has 114 valence electrons. The minimum atomic E-state index is -0.354. The molecule has 0 heterocycles. The van der Waals surface area contributed by atoms with Gasteiger partial charge in [-0.25, -0.2) is 0 Å². The van der Waals surface area contributed by atoms with Crippen LogP contribution in [0.15, 0.2) is 47.5 Å². The average molecular weight is 298 g/mol. The maximum atomic E-state index is 11.1. The SMILES string of the molecule is CCOc1ccc(N=Cc2ccc(CC)c([N+](=O)[O-])c2)cc1. The van der Waals surface area contributed by atoms with E-state index in [9.17, 15) is 10.1 Å². The Hall–Kier alpha value is -2.69. The third-order valence-corrected chi connectivity index (χ3v) is 3.20. The largest absolute Gasteiger partial charge is 0.494 e. The zero-order chi connectivity index (χ0) is 15.9.